The quantitative estimate of drug-likeness (QED) is 0.639. The van der Waals surface area contributed by atoms with Crippen molar-refractivity contribution in [1.82, 2.24) is 0 Å². The van der Waals surface area contributed by atoms with E-state index in [1.54, 1.807) is 24.3 Å². The maximum atomic E-state index is 10.9. The number of hydrogen-bond acceptors (Lipinski definition) is 4. The van der Waals surface area contributed by atoms with E-state index >= 15 is 0 Å². The van der Waals surface area contributed by atoms with E-state index in [0.717, 1.165) is 11.8 Å². The van der Waals surface area contributed by atoms with Gasteiger partial charge in [0.25, 0.3) is 0 Å². The maximum Gasteiger partial charge on any atom is 0.451 e. The van der Waals surface area contributed by atoms with Crippen LogP contribution in [0.5, 0.6) is 0 Å². The first-order valence-corrected chi connectivity index (χ1v) is 6.69. The van der Waals surface area contributed by atoms with Gasteiger partial charge >= 0.3 is 7.12 Å². The van der Waals surface area contributed by atoms with Gasteiger partial charge in [0.05, 0.1) is 6.26 Å². The van der Waals surface area contributed by atoms with Crippen molar-refractivity contribution < 1.29 is 18.5 Å². The fourth-order valence-corrected chi connectivity index (χ4v) is 1.81. The maximum absolute atomic E-state index is 10.9. The van der Waals surface area contributed by atoms with Crippen LogP contribution in [0.15, 0.2) is 24.3 Å². The predicted molar refractivity (Wildman–Crippen MR) is 63.6 cm³/mol. The summed E-state index contributed by atoms with van der Waals surface area (Å²) in [5.74, 6) is 0. The van der Waals surface area contributed by atoms with E-state index in [9.17, 15) is 8.42 Å². The van der Waals surface area contributed by atoms with Crippen molar-refractivity contribution in [3.63, 3.8) is 0 Å². The Morgan fingerprint density at radius 3 is 2.25 bits per heavy atom. The summed E-state index contributed by atoms with van der Waals surface area (Å²) < 4.78 is 24.2. The van der Waals surface area contributed by atoms with Crippen LogP contribution in [0, 0.1) is 0 Å². The smallest absolute Gasteiger partial charge is 0.427 e. The topological polar surface area (TPSA) is 86.6 Å². The molecule has 3 N–H and O–H groups in total. The molecule has 1 aromatic carbocycles. The Morgan fingerprint density at radius 2 is 1.81 bits per heavy atom. The molecule has 7 heteroatoms. The SMILES string of the molecule is CS(=O)(=O)Nc1ccc(CCB(O)O)cc1. The van der Waals surface area contributed by atoms with Crippen LogP contribution in [0.25, 0.3) is 0 Å². The Kier molecular flexibility index (Phi) is 4.34. The summed E-state index contributed by atoms with van der Waals surface area (Å²) in [5.41, 5.74) is 1.42. The molecule has 0 bridgehead atoms. The zero-order valence-electron chi connectivity index (χ0n) is 8.92. The molecule has 0 fully saturated rings. The molecule has 16 heavy (non-hydrogen) atoms. The molecule has 0 aromatic heterocycles. The van der Waals surface area contributed by atoms with Crippen LogP contribution in [0.3, 0.4) is 0 Å². The number of hydrogen-bond donors (Lipinski definition) is 3. The number of benzene rings is 1. The molecule has 0 aliphatic heterocycles. The standard InChI is InChI=1S/C9H14BNO4S/c1-16(14,15)11-9-4-2-8(3-5-9)6-7-10(12)13/h2-5,11-13H,6-7H2,1H3. The Labute approximate surface area is 95.3 Å². The zero-order valence-corrected chi connectivity index (χ0v) is 9.74. The number of anilines is 1. The minimum atomic E-state index is -3.25. The lowest BCUT2D eigenvalue weighted by Crippen LogP contribution is -2.11. The number of sulfonamides is 1. The summed E-state index contributed by atoms with van der Waals surface area (Å²) in [6, 6.07) is 6.77. The third-order valence-corrected chi connectivity index (χ3v) is 2.55. The average Bonchev–Trinajstić information content (AvgIpc) is 2.14. The second-order valence-corrected chi connectivity index (χ2v) is 5.34. The van der Waals surface area contributed by atoms with Crippen LogP contribution in [-0.2, 0) is 16.4 Å². The highest BCUT2D eigenvalue weighted by Gasteiger charge is 2.06. The van der Waals surface area contributed by atoms with E-state index in [1.165, 1.54) is 0 Å². The van der Waals surface area contributed by atoms with Crippen LogP contribution in [-0.4, -0.2) is 31.8 Å². The van der Waals surface area contributed by atoms with Gasteiger partial charge in [-0.05, 0) is 30.4 Å². The molecular formula is C9H14BNO4S. The molecule has 0 aliphatic carbocycles. The minimum absolute atomic E-state index is 0.263. The van der Waals surface area contributed by atoms with Crippen molar-refractivity contribution in [3.8, 4) is 0 Å². The lowest BCUT2D eigenvalue weighted by Gasteiger charge is -2.05. The van der Waals surface area contributed by atoms with E-state index in [1.807, 2.05) is 0 Å². The Balaban J connectivity index is 2.61. The molecule has 0 atom stereocenters. The third-order valence-electron chi connectivity index (χ3n) is 1.95. The molecule has 0 radical (unpaired) electrons. The molecule has 0 saturated carbocycles. The lowest BCUT2D eigenvalue weighted by molar-refractivity contribution is 0.405. The largest absolute Gasteiger partial charge is 0.451 e. The molecule has 88 valence electrons. The van der Waals surface area contributed by atoms with Crippen LogP contribution < -0.4 is 4.72 Å². The van der Waals surface area contributed by atoms with Crippen molar-refractivity contribution in [3.05, 3.63) is 29.8 Å². The van der Waals surface area contributed by atoms with Gasteiger partial charge in [0.2, 0.25) is 10.0 Å². The van der Waals surface area contributed by atoms with Crippen LogP contribution in [0.1, 0.15) is 5.56 Å². The van der Waals surface area contributed by atoms with Crippen molar-refractivity contribution >= 4 is 22.8 Å². The first kappa shape index (κ1) is 13.0. The van der Waals surface area contributed by atoms with Crippen molar-refractivity contribution in [1.29, 1.82) is 0 Å². The molecule has 0 aliphatic rings. The minimum Gasteiger partial charge on any atom is -0.427 e. The summed E-state index contributed by atoms with van der Waals surface area (Å²) in [5, 5.41) is 17.4. The number of aryl methyl sites for hydroxylation is 1. The van der Waals surface area contributed by atoms with Gasteiger partial charge in [-0.2, -0.15) is 0 Å². The highest BCUT2D eigenvalue weighted by molar-refractivity contribution is 7.92. The first-order valence-electron chi connectivity index (χ1n) is 4.80. The van der Waals surface area contributed by atoms with Gasteiger partial charge in [0.1, 0.15) is 0 Å². The number of rotatable bonds is 5. The zero-order chi connectivity index (χ0) is 12.2. The van der Waals surface area contributed by atoms with Crippen molar-refractivity contribution in [2.24, 2.45) is 0 Å². The average molecular weight is 243 g/mol. The van der Waals surface area contributed by atoms with E-state index in [4.69, 9.17) is 10.0 Å². The fraction of sp³-hybridized carbons (Fsp3) is 0.333. The molecule has 0 spiro atoms. The van der Waals surface area contributed by atoms with Crippen LogP contribution in [0.4, 0.5) is 5.69 Å². The summed E-state index contributed by atoms with van der Waals surface area (Å²) in [4.78, 5) is 0. The molecule has 0 heterocycles. The van der Waals surface area contributed by atoms with Crippen molar-refractivity contribution in [2.45, 2.75) is 12.7 Å². The first-order chi connectivity index (χ1) is 7.37. The van der Waals surface area contributed by atoms with E-state index in [2.05, 4.69) is 4.72 Å². The number of nitrogens with one attached hydrogen (secondary N) is 1. The highest BCUT2D eigenvalue weighted by atomic mass is 32.2. The monoisotopic (exact) mass is 243 g/mol. The van der Waals surface area contributed by atoms with E-state index in [0.29, 0.717) is 12.1 Å². The van der Waals surface area contributed by atoms with Crippen molar-refractivity contribution in [2.75, 3.05) is 11.0 Å². The Morgan fingerprint density at radius 1 is 1.25 bits per heavy atom. The van der Waals surface area contributed by atoms with Gasteiger partial charge in [-0.15, -0.1) is 0 Å². The fourth-order valence-electron chi connectivity index (χ4n) is 1.25. The summed E-state index contributed by atoms with van der Waals surface area (Å²) in [6.07, 6.45) is 1.89. The molecule has 1 rings (SSSR count). The summed E-state index contributed by atoms with van der Waals surface area (Å²) in [7, 11) is -4.56. The van der Waals surface area contributed by atoms with Crippen LogP contribution in [0.2, 0.25) is 6.32 Å². The second kappa shape index (κ2) is 5.33. The van der Waals surface area contributed by atoms with Gasteiger partial charge in [-0.1, -0.05) is 12.1 Å². The lowest BCUT2D eigenvalue weighted by atomic mass is 9.83. The second-order valence-electron chi connectivity index (χ2n) is 3.59. The normalized spacial score (nSPS) is 11.2. The van der Waals surface area contributed by atoms with Gasteiger partial charge in [0.15, 0.2) is 0 Å². The van der Waals surface area contributed by atoms with E-state index in [-0.39, 0.29) is 6.32 Å². The summed E-state index contributed by atoms with van der Waals surface area (Å²) in [6.45, 7) is 0. The van der Waals surface area contributed by atoms with Gasteiger partial charge in [-0.25, -0.2) is 8.42 Å². The predicted octanol–water partition coefficient (Wildman–Crippen LogP) is 0.0734. The van der Waals surface area contributed by atoms with E-state index < -0.39 is 17.1 Å². The summed E-state index contributed by atoms with van der Waals surface area (Å²) >= 11 is 0. The van der Waals surface area contributed by atoms with Gasteiger partial charge in [0, 0.05) is 5.69 Å². The van der Waals surface area contributed by atoms with Crippen LogP contribution >= 0.6 is 0 Å². The van der Waals surface area contributed by atoms with Gasteiger partial charge in [-0.3, -0.25) is 4.72 Å². The molecule has 1 aromatic rings. The molecule has 0 saturated heterocycles. The highest BCUT2D eigenvalue weighted by Crippen LogP contribution is 2.12. The Bertz CT molecular complexity index is 429. The molecule has 0 unspecified atom stereocenters. The molecular weight excluding hydrogens is 229 g/mol. The Hall–Kier alpha value is -1.05. The molecule has 0 amide bonds. The van der Waals surface area contributed by atoms with Gasteiger partial charge < -0.3 is 10.0 Å². The third kappa shape index (κ3) is 5.15. The molecule has 5 nitrogen and oxygen atoms in total.